The van der Waals surface area contributed by atoms with Crippen LogP contribution in [0, 0.1) is 5.92 Å². The Labute approximate surface area is 100 Å². The van der Waals surface area contributed by atoms with Crippen LogP contribution in [0.1, 0.15) is 38.3 Å². The summed E-state index contributed by atoms with van der Waals surface area (Å²) >= 11 is 3.51. The van der Waals surface area contributed by atoms with Crippen molar-refractivity contribution in [3.63, 3.8) is 0 Å². The molecule has 1 aromatic carbocycles. The van der Waals surface area contributed by atoms with Gasteiger partial charge in [-0.1, -0.05) is 28.1 Å². The number of halogens is 1. The van der Waals surface area contributed by atoms with Gasteiger partial charge in [0.1, 0.15) is 0 Å². The largest absolute Gasteiger partial charge is 0.307 e. The summed E-state index contributed by atoms with van der Waals surface area (Å²) in [7, 11) is 0. The van der Waals surface area contributed by atoms with E-state index >= 15 is 0 Å². The lowest BCUT2D eigenvalue weighted by Crippen LogP contribution is -2.30. The van der Waals surface area contributed by atoms with Crippen LogP contribution < -0.4 is 5.32 Å². The van der Waals surface area contributed by atoms with Gasteiger partial charge in [0.05, 0.1) is 0 Å². The summed E-state index contributed by atoms with van der Waals surface area (Å²) in [5, 5.41) is 3.66. The standard InChI is InChI=1S/C13H18BrN/c1-9(11-6-7-11)15-10(2)12-4-3-5-13(14)8-12/h3-5,8-11,15H,6-7H2,1-2H3/t9?,10-/m0/s1. The highest BCUT2D eigenvalue weighted by Crippen LogP contribution is 2.33. The predicted molar refractivity (Wildman–Crippen MR) is 67.9 cm³/mol. The third-order valence-electron chi connectivity index (χ3n) is 3.19. The highest BCUT2D eigenvalue weighted by molar-refractivity contribution is 9.10. The van der Waals surface area contributed by atoms with E-state index in [0.29, 0.717) is 12.1 Å². The average Bonchev–Trinajstić information content (AvgIpc) is 3.00. The molecule has 82 valence electrons. The van der Waals surface area contributed by atoms with E-state index in [-0.39, 0.29) is 0 Å². The SMILES string of the molecule is CC(N[C@@H](C)c1cccc(Br)c1)C1CC1. The predicted octanol–water partition coefficient (Wildman–Crippen LogP) is 3.90. The van der Waals surface area contributed by atoms with Gasteiger partial charge in [-0.25, -0.2) is 0 Å². The minimum Gasteiger partial charge on any atom is -0.307 e. The molecule has 0 saturated heterocycles. The third-order valence-corrected chi connectivity index (χ3v) is 3.68. The zero-order valence-electron chi connectivity index (χ0n) is 9.33. The molecule has 1 aliphatic rings. The lowest BCUT2D eigenvalue weighted by molar-refractivity contribution is 0.441. The van der Waals surface area contributed by atoms with Crippen LogP contribution in [0.25, 0.3) is 0 Å². The Morgan fingerprint density at radius 1 is 1.33 bits per heavy atom. The van der Waals surface area contributed by atoms with Gasteiger partial charge in [-0.3, -0.25) is 0 Å². The molecule has 0 radical (unpaired) electrons. The molecule has 1 aliphatic carbocycles. The minimum atomic E-state index is 0.443. The lowest BCUT2D eigenvalue weighted by atomic mass is 10.1. The second kappa shape index (κ2) is 4.67. The second-order valence-electron chi connectivity index (χ2n) is 4.57. The maximum atomic E-state index is 3.66. The van der Waals surface area contributed by atoms with Crippen molar-refractivity contribution < 1.29 is 0 Å². The van der Waals surface area contributed by atoms with Crippen molar-refractivity contribution in [3.8, 4) is 0 Å². The molecule has 1 nitrogen and oxygen atoms in total. The molecular formula is C13H18BrN. The van der Waals surface area contributed by atoms with Crippen LogP contribution >= 0.6 is 15.9 Å². The summed E-state index contributed by atoms with van der Waals surface area (Å²) in [6, 6.07) is 9.64. The van der Waals surface area contributed by atoms with E-state index in [4.69, 9.17) is 0 Å². The fourth-order valence-corrected chi connectivity index (χ4v) is 2.42. The van der Waals surface area contributed by atoms with Crippen molar-refractivity contribution >= 4 is 15.9 Å². The van der Waals surface area contributed by atoms with Gasteiger partial charge in [-0.15, -0.1) is 0 Å². The van der Waals surface area contributed by atoms with Gasteiger partial charge >= 0.3 is 0 Å². The second-order valence-corrected chi connectivity index (χ2v) is 5.49. The van der Waals surface area contributed by atoms with E-state index in [1.54, 1.807) is 0 Å². The van der Waals surface area contributed by atoms with Crippen LogP contribution in [0.4, 0.5) is 0 Å². The molecule has 2 rings (SSSR count). The summed E-state index contributed by atoms with van der Waals surface area (Å²) in [5.41, 5.74) is 1.36. The molecule has 1 fully saturated rings. The van der Waals surface area contributed by atoms with Crippen molar-refractivity contribution in [1.29, 1.82) is 0 Å². The molecule has 0 bridgehead atoms. The molecule has 0 aliphatic heterocycles. The number of benzene rings is 1. The maximum Gasteiger partial charge on any atom is 0.0294 e. The number of nitrogens with one attached hydrogen (secondary N) is 1. The Balaban J connectivity index is 1.97. The quantitative estimate of drug-likeness (QED) is 0.873. The molecule has 0 spiro atoms. The van der Waals surface area contributed by atoms with Crippen LogP contribution in [-0.4, -0.2) is 6.04 Å². The Morgan fingerprint density at radius 2 is 2.07 bits per heavy atom. The summed E-state index contributed by atoms with van der Waals surface area (Å²) in [6.07, 6.45) is 2.80. The maximum absolute atomic E-state index is 3.66. The number of rotatable bonds is 4. The molecule has 1 aromatic rings. The molecule has 1 unspecified atom stereocenters. The first-order valence-corrected chi connectivity index (χ1v) is 6.47. The molecule has 2 atom stereocenters. The lowest BCUT2D eigenvalue weighted by Gasteiger charge is -2.20. The van der Waals surface area contributed by atoms with Crippen molar-refractivity contribution in [2.75, 3.05) is 0 Å². The van der Waals surface area contributed by atoms with E-state index in [9.17, 15) is 0 Å². The van der Waals surface area contributed by atoms with Gasteiger partial charge in [0.15, 0.2) is 0 Å². The van der Waals surface area contributed by atoms with E-state index in [0.717, 1.165) is 10.4 Å². The smallest absolute Gasteiger partial charge is 0.0294 e. The van der Waals surface area contributed by atoms with Gasteiger partial charge in [-0.2, -0.15) is 0 Å². The van der Waals surface area contributed by atoms with E-state index in [2.05, 4.69) is 59.4 Å². The van der Waals surface area contributed by atoms with Crippen LogP contribution in [0.2, 0.25) is 0 Å². The van der Waals surface area contributed by atoms with E-state index in [1.807, 2.05) is 0 Å². The summed E-state index contributed by atoms with van der Waals surface area (Å²) < 4.78 is 1.16. The Kier molecular flexibility index (Phi) is 3.47. The highest BCUT2D eigenvalue weighted by atomic mass is 79.9. The molecule has 2 heteroatoms. The third kappa shape index (κ3) is 3.05. The van der Waals surface area contributed by atoms with Crippen LogP contribution in [0.5, 0.6) is 0 Å². The topological polar surface area (TPSA) is 12.0 Å². The molecule has 0 amide bonds. The zero-order chi connectivity index (χ0) is 10.8. The first-order valence-electron chi connectivity index (χ1n) is 5.68. The van der Waals surface area contributed by atoms with E-state index in [1.165, 1.54) is 18.4 Å². The van der Waals surface area contributed by atoms with Crippen molar-refractivity contribution in [1.82, 2.24) is 5.32 Å². The van der Waals surface area contributed by atoms with Crippen molar-refractivity contribution in [2.45, 2.75) is 38.8 Å². The van der Waals surface area contributed by atoms with Crippen LogP contribution in [-0.2, 0) is 0 Å². The molecule has 1 N–H and O–H groups in total. The van der Waals surface area contributed by atoms with Gasteiger partial charge in [-0.05, 0) is 50.3 Å². The van der Waals surface area contributed by atoms with Gasteiger partial charge < -0.3 is 5.32 Å². The fraction of sp³-hybridized carbons (Fsp3) is 0.538. The monoisotopic (exact) mass is 267 g/mol. The molecule has 1 saturated carbocycles. The minimum absolute atomic E-state index is 0.443. The Morgan fingerprint density at radius 3 is 2.67 bits per heavy atom. The Bertz CT molecular complexity index is 333. The van der Waals surface area contributed by atoms with Crippen molar-refractivity contribution in [2.24, 2.45) is 5.92 Å². The molecule has 15 heavy (non-hydrogen) atoms. The summed E-state index contributed by atoms with van der Waals surface area (Å²) in [6.45, 7) is 4.53. The van der Waals surface area contributed by atoms with Crippen molar-refractivity contribution in [3.05, 3.63) is 34.3 Å². The first kappa shape index (κ1) is 11.2. The van der Waals surface area contributed by atoms with Crippen LogP contribution in [0.3, 0.4) is 0 Å². The summed E-state index contributed by atoms with van der Waals surface area (Å²) in [5.74, 6) is 0.916. The van der Waals surface area contributed by atoms with Gasteiger partial charge in [0, 0.05) is 16.6 Å². The molecule has 0 heterocycles. The average molecular weight is 268 g/mol. The highest BCUT2D eigenvalue weighted by Gasteiger charge is 2.28. The van der Waals surface area contributed by atoms with Gasteiger partial charge in [0.2, 0.25) is 0 Å². The van der Waals surface area contributed by atoms with E-state index < -0.39 is 0 Å². The normalized spacial score (nSPS) is 19.9. The first-order chi connectivity index (χ1) is 7.16. The fourth-order valence-electron chi connectivity index (χ4n) is 2.00. The zero-order valence-corrected chi connectivity index (χ0v) is 10.9. The molecule has 0 aromatic heterocycles. The number of hydrogen-bond acceptors (Lipinski definition) is 1. The summed E-state index contributed by atoms with van der Waals surface area (Å²) in [4.78, 5) is 0. The Hall–Kier alpha value is -0.340. The number of hydrogen-bond donors (Lipinski definition) is 1. The molecular weight excluding hydrogens is 250 g/mol. The van der Waals surface area contributed by atoms with Gasteiger partial charge in [0.25, 0.3) is 0 Å². The van der Waals surface area contributed by atoms with Crippen LogP contribution in [0.15, 0.2) is 28.7 Å².